The summed E-state index contributed by atoms with van der Waals surface area (Å²) in [5.74, 6) is 0.335. The van der Waals surface area contributed by atoms with Gasteiger partial charge in [0.25, 0.3) is 5.91 Å². The minimum Gasteiger partial charge on any atom is -0.386 e. The van der Waals surface area contributed by atoms with E-state index in [1.54, 1.807) is 35.4 Å². The molecule has 8 heteroatoms. The minimum atomic E-state index is -1.00. The van der Waals surface area contributed by atoms with Gasteiger partial charge in [0.1, 0.15) is 5.69 Å². The maximum absolute atomic E-state index is 12.3. The Morgan fingerprint density at radius 3 is 2.96 bits per heavy atom. The number of piperidine rings is 1. The SMILES string of the molecule is CCCn1ccc(C(=O)NC[C@]2(O)CCCN(c3ncccn3)C2)n1. The van der Waals surface area contributed by atoms with Crippen LogP contribution in [0.15, 0.2) is 30.7 Å². The summed E-state index contributed by atoms with van der Waals surface area (Å²) < 4.78 is 1.75. The summed E-state index contributed by atoms with van der Waals surface area (Å²) in [5, 5.41) is 17.9. The lowest BCUT2D eigenvalue weighted by Crippen LogP contribution is -2.54. The molecule has 134 valence electrons. The smallest absolute Gasteiger partial charge is 0.271 e. The highest BCUT2D eigenvalue weighted by atomic mass is 16.3. The topological polar surface area (TPSA) is 96.2 Å². The van der Waals surface area contributed by atoms with E-state index in [1.807, 2.05) is 4.90 Å². The Morgan fingerprint density at radius 1 is 1.40 bits per heavy atom. The average molecular weight is 344 g/mol. The number of hydrogen-bond donors (Lipinski definition) is 2. The number of aromatic nitrogens is 4. The molecular weight excluding hydrogens is 320 g/mol. The van der Waals surface area contributed by atoms with Crippen molar-refractivity contribution < 1.29 is 9.90 Å². The van der Waals surface area contributed by atoms with Gasteiger partial charge in [-0.25, -0.2) is 9.97 Å². The number of carbonyl (C=O) groups is 1. The fraction of sp³-hybridized carbons (Fsp3) is 0.529. The third-order valence-electron chi connectivity index (χ3n) is 4.29. The van der Waals surface area contributed by atoms with Gasteiger partial charge in [0.2, 0.25) is 5.95 Å². The van der Waals surface area contributed by atoms with Gasteiger partial charge in [-0.05, 0) is 31.4 Å². The van der Waals surface area contributed by atoms with Gasteiger partial charge >= 0.3 is 0 Å². The first-order chi connectivity index (χ1) is 12.1. The second kappa shape index (κ2) is 7.60. The minimum absolute atomic E-state index is 0.176. The molecule has 0 saturated carbocycles. The Balaban J connectivity index is 1.58. The van der Waals surface area contributed by atoms with Crippen LogP contribution in [0.2, 0.25) is 0 Å². The number of carbonyl (C=O) groups excluding carboxylic acids is 1. The van der Waals surface area contributed by atoms with Crippen LogP contribution >= 0.6 is 0 Å². The molecule has 0 spiro atoms. The summed E-state index contributed by atoms with van der Waals surface area (Å²) in [4.78, 5) is 22.7. The zero-order valence-electron chi connectivity index (χ0n) is 14.4. The molecule has 25 heavy (non-hydrogen) atoms. The van der Waals surface area contributed by atoms with Crippen molar-refractivity contribution in [3.05, 3.63) is 36.4 Å². The number of anilines is 1. The van der Waals surface area contributed by atoms with Crippen LogP contribution in [-0.4, -0.2) is 56.0 Å². The monoisotopic (exact) mass is 344 g/mol. The van der Waals surface area contributed by atoms with Crippen LogP contribution in [-0.2, 0) is 6.54 Å². The zero-order valence-corrected chi connectivity index (χ0v) is 14.4. The van der Waals surface area contributed by atoms with Gasteiger partial charge in [0.15, 0.2) is 0 Å². The first-order valence-corrected chi connectivity index (χ1v) is 8.66. The van der Waals surface area contributed by atoms with Gasteiger partial charge in [-0.15, -0.1) is 0 Å². The van der Waals surface area contributed by atoms with Gasteiger partial charge in [-0.2, -0.15) is 5.10 Å². The van der Waals surface area contributed by atoms with Crippen LogP contribution in [0, 0.1) is 0 Å². The van der Waals surface area contributed by atoms with Crippen molar-refractivity contribution in [2.45, 2.75) is 38.3 Å². The van der Waals surface area contributed by atoms with E-state index in [2.05, 4.69) is 27.3 Å². The highest BCUT2D eigenvalue weighted by Gasteiger charge is 2.34. The molecule has 0 aromatic carbocycles. The van der Waals surface area contributed by atoms with Gasteiger partial charge in [0, 0.05) is 38.2 Å². The van der Waals surface area contributed by atoms with Crippen LogP contribution < -0.4 is 10.2 Å². The van der Waals surface area contributed by atoms with Crippen molar-refractivity contribution in [3.63, 3.8) is 0 Å². The van der Waals surface area contributed by atoms with Gasteiger partial charge in [-0.1, -0.05) is 6.92 Å². The number of β-amino-alcohol motifs (C(OH)–C–C–N with tert-alkyl or cyclic N) is 1. The van der Waals surface area contributed by atoms with Crippen molar-refractivity contribution in [2.75, 3.05) is 24.5 Å². The van der Waals surface area contributed by atoms with Crippen molar-refractivity contribution in [3.8, 4) is 0 Å². The van der Waals surface area contributed by atoms with E-state index in [9.17, 15) is 9.90 Å². The van der Waals surface area contributed by atoms with E-state index >= 15 is 0 Å². The molecular formula is C17H24N6O2. The molecule has 1 saturated heterocycles. The molecule has 3 rings (SSSR count). The summed E-state index contributed by atoms with van der Waals surface area (Å²) in [7, 11) is 0. The highest BCUT2D eigenvalue weighted by molar-refractivity contribution is 5.92. The second-order valence-corrected chi connectivity index (χ2v) is 6.44. The second-order valence-electron chi connectivity index (χ2n) is 6.44. The molecule has 2 aromatic heterocycles. The van der Waals surface area contributed by atoms with Crippen LogP contribution in [0.1, 0.15) is 36.7 Å². The lowest BCUT2D eigenvalue weighted by molar-refractivity contribution is 0.0251. The lowest BCUT2D eigenvalue weighted by atomic mass is 9.93. The van der Waals surface area contributed by atoms with Crippen LogP contribution in [0.3, 0.4) is 0 Å². The average Bonchev–Trinajstić information content (AvgIpc) is 3.10. The Bertz CT molecular complexity index is 704. The molecule has 0 unspecified atom stereocenters. The highest BCUT2D eigenvalue weighted by Crippen LogP contribution is 2.23. The molecule has 8 nitrogen and oxygen atoms in total. The molecule has 1 aliphatic heterocycles. The lowest BCUT2D eigenvalue weighted by Gasteiger charge is -2.39. The van der Waals surface area contributed by atoms with E-state index in [-0.39, 0.29) is 12.5 Å². The number of amides is 1. The van der Waals surface area contributed by atoms with Gasteiger partial charge in [-0.3, -0.25) is 9.48 Å². The predicted molar refractivity (Wildman–Crippen MR) is 93.3 cm³/mol. The number of aryl methyl sites for hydroxylation is 1. The van der Waals surface area contributed by atoms with Gasteiger partial charge < -0.3 is 15.3 Å². The largest absolute Gasteiger partial charge is 0.386 e. The normalized spacial score (nSPS) is 20.5. The van der Waals surface area contributed by atoms with Gasteiger partial charge in [0.05, 0.1) is 12.1 Å². The summed E-state index contributed by atoms with van der Waals surface area (Å²) in [6.07, 6.45) is 7.56. The van der Waals surface area contributed by atoms with E-state index in [0.717, 1.165) is 25.9 Å². The molecule has 0 bridgehead atoms. The molecule has 2 N–H and O–H groups in total. The number of nitrogens with zero attached hydrogens (tertiary/aromatic N) is 5. The van der Waals surface area contributed by atoms with E-state index in [0.29, 0.717) is 24.6 Å². The quantitative estimate of drug-likeness (QED) is 0.806. The van der Waals surface area contributed by atoms with Crippen molar-refractivity contribution in [1.82, 2.24) is 25.1 Å². The Labute approximate surface area is 146 Å². The molecule has 0 aliphatic carbocycles. The summed E-state index contributed by atoms with van der Waals surface area (Å²) >= 11 is 0. The van der Waals surface area contributed by atoms with Crippen molar-refractivity contribution in [1.29, 1.82) is 0 Å². The Hall–Kier alpha value is -2.48. The third kappa shape index (κ3) is 4.33. The van der Waals surface area contributed by atoms with Crippen molar-refractivity contribution >= 4 is 11.9 Å². The summed E-state index contributed by atoms with van der Waals surface area (Å²) in [6.45, 7) is 4.20. The Kier molecular flexibility index (Phi) is 5.28. The molecule has 1 atom stereocenters. The summed E-state index contributed by atoms with van der Waals surface area (Å²) in [5.41, 5.74) is -0.630. The molecule has 1 amide bonds. The van der Waals surface area contributed by atoms with E-state index in [1.165, 1.54) is 0 Å². The summed E-state index contributed by atoms with van der Waals surface area (Å²) in [6, 6.07) is 3.46. The van der Waals surface area contributed by atoms with Crippen LogP contribution in [0.25, 0.3) is 0 Å². The predicted octanol–water partition coefficient (Wildman–Crippen LogP) is 0.844. The van der Waals surface area contributed by atoms with E-state index < -0.39 is 5.60 Å². The molecule has 1 aliphatic rings. The first-order valence-electron chi connectivity index (χ1n) is 8.66. The molecule has 3 heterocycles. The van der Waals surface area contributed by atoms with Crippen molar-refractivity contribution in [2.24, 2.45) is 0 Å². The number of aliphatic hydroxyl groups is 1. The van der Waals surface area contributed by atoms with E-state index in [4.69, 9.17) is 0 Å². The molecule has 1 fully saturated rings. The molecule has 0 radical (unpaired) electrons. The maximum Gasteiger partial charge on any atom is 0.271 e. The standard InChI is InChI=1S/C17H24N6O2/c1-2-9-23-11-5-14(21-23)15(24)20-12-17(25)6-3-10-22(13-17)16-18-7-4-8-19-16/h4-5,7-8,11,25H,2-3,6,9-10,12-13H2,1H3,(H,20,24)/t17-/m1/s1. The third-order valence-corrected chi connectivity index (χ3v) is 4.29. The number of hydrogen-bond acceptors (Lipinski definition) is 6. The number of rotatable bonds is 6. The Morgan fingerprint density at radius 2 is 2.20 bits per heavy atom. The maximum atomic E-state index is 12.3. The first kappa shape index (κ1) is 17.3. The molecule has 2 aromatic rings. The zero-order chi connectivity index (χ0) is 17.7. The number of nitrogens with one attached hydrogen (secondary N) is 1. The fourth-order valence-corrected chi connectivity index (χ4v) is 3.05. The fourth-order valence-electron chi connectivity index (χ4n) is 3.05. The van der Waals surface area contributed by atoms with Crippen LogP contribution in [0.5, 0.6) is 0 Å². The van der Waals surface area contributed by atoms with Crippen LogP contribution in [0.4, 0.5) is 5.95 Å².